The first kappa shape index (κ1) is 10.9. The van der Waals surface area contributed by atoms with Gasteiger partial charge >= 0.3 is 0 Å². The number of aliphatic hydroxyl groups is 2. The molecule has 1 saturated heterocycles. The average molecular weight is 190 g/mol. The third-order valence-electron chi connectivity index (χ3n) is 2.58. The summed E-state index contributed by atoms with van der Waals surface area (Å²) in [7, 11) is 1.63. The molecule has 4 heteroatoms. The first-order valence-electron chi connectivity index (χ1n) is 4.67. The molecule has 1 aliphatic heterocycles. The summed E-state index contributed by atoms with van der Waals surface area (Å²) in [4.78, 5) is 0. The maximum absolute atomic E-state index is 9.14. The zero-order chi connectivity index (χ0) is 9.90. The van der Waals surface area contributed by atoms with Crippen LogP contribution >= 0.6 is 0 Å². The van der Waals surface area contributed by atoms with Crippen molar-refractivity contribution in [3.8, 4) is 0 Å². The Kier molecular flexibility index (Phi) is 3.67. The fourth-order valence-electron chi connectivity index (χ4n) is 1.65. The van der Waals surface area contributed by atoms with Crippen molar-refractivity contribution < 1.29 is 19.7 Å². The minimum atomic E-state index is -0.670. The Balaban J connectivity index is 2.24. The van der Waals surface area contributed by atoms with E-state index in [1.165, 1.54) is 0 Å². The second-order valence-corrected chi connectivity index (χ2v) is 3.48. The van der Waals surface area contributed by atoms with Gasteiger partial charge in [-0.15, -0.1) is 0 Å². The van der Waals surface area contributed by atoms with Gasteiger partial charge in [0.05, 0.1) is 18.8 Å². The van der Waals surface area contributed by atoms with Crippen LogP contribution in [0.25, 0.3) is 0 Å². The summed E-state index contributed by atoms with van der Waals surface area (Å²) in [6.07, 6.45) is 1.47. The summed E-state index contributed by atoms with van der Waals surface area (Å²) in [5.74, 6) is -0.431. The van der Waals surface area contributed by atoms with Crippen LogP contribution in [0.3, 0.4) is 0 Å². The molecule has 4 nitrogen and oxygen atoms in total. The molecule has 0 radical (unpaired) electrons. The monoisotopic (exact) mass is 190 g/mol. The Morgan fingerprint density at radius 1 is 1.69 bits per heavy atom. The van der Waals surface area contributed by atoms with Crippen molar-refractivity contribution in [2.75, 3.05) is 13.7 Å². The van der Waals surface area contributed by atoms with Gasteiger partial charge in [-0.1, -0.05) is 6.92 Å². The van der Waals surface area contributed by atoms with Crippen LogP contribution in [0.4, 0.5) is 0 Å². The molecule has 0 aliphatic carbocycles. The number of hydrogen-bond acceptors (Lipinski definition) is 4. The van der Waals surface area contributed by atoms with E-state index in [0.717, 1.165) is 12.8 Å². The van der Waals surface area contributed by atoms with Crippen LogP contribution < -0.4 is 0 Å². The van der Waals surface area contributed by atoms with E-state index >= 15 is 0 Å². The van der Waals surface area contributed by atoms with Crippen molar-refractivity contribution in [1.29, 1.82) is 0 Å². The first-order valence-corrected chi connectivity index (χ1v) is 4.67. The van der Waals surface area contributed by atoms with Crippen LogP contribution in [0.5, 0.6) is 0 Å². The fraction of sp³-hybridized carbons (Fsp3) is 1.00. The molecule has 3 atom stereocenters. The Morgan fingerprint density at radius 3 is 2.69 bits per heavy atom. The van der Waals surface area contributed by atoms with E-state index in [1.807, 2.05) is 6.92 Å². The third-order valence-corrected chi connectivity index (χ3v) is 2.58. The van der Waals surface area contributed by atoms with Crippen molar-refractivity contribution in [2.45, 2.75) is 44.2 Å². The lowest BCUT2D eigenvalue weighted by Gasteiger charge is -2.46. The van der Waals surface area contributed by atoms with Crippen molar-refractivity contribution in [2.24, 2.45) is 0 Å². The molecular weight excluding hydrogens is 172 g/mol. The summed E-state index contributed by atoms with van der Waals surface area (Å²) < 4.78 is 10.7. The summed E-state index contributed by atoms with van der Waals surface area (Å²) in [5.41, 5.74) is 0. The zero-order valence-electron chi connectivity index (χ0n) is 8.19. The molecule has 1 aliphatic rings. The van der Waals surface area contributed by atoms with Crippen LogP contribution in [-0.2, 0) is 9.47 Å². The van der Waals surface area contributed by atoms with Gasteiger partial charge in [0.15, 0.2) is 5.79 Å². The number of hydrogen-bond donors (Lipinski definition) is 2. The molecule has 0 spiro atoms. The Bertz CT molecular complexity index is 148. The van der Waals surface area contributed by atoms with E-state index in [4.69, 9.17) is 19.7 Å². The highest BCUT2D eigenvalue weighted by Gasteiger charge is 2.44. The lowest BCUT2D eigenvalue weighted by atomic mass is 9.94. The summed E-state index contributed by atoms with van der Waals surface area (Å²) in [6.45, 7) is 1.80. The van der Waals surface area contributed by atoms with E-state index in [-0.39, 0.29) is 12.7 Å². The molecule has 0 aromatic heterocycles. The van der Waals surface area contributed by atoms with E-state index < -0.39 is 11.9 Å². The number of methoxy groups -OCH3 is 1. The zero-order valence-corrected chi connectivity index (χ0v) is 8.19. The number of aliphatic hydroxyl groups excluding tert-OH is 2. The second-order valence-electron chi connectivity index (χ2n) is 3.48. The summed E-state index contributed by atoms with van der Waals surface area (Å²) >= 11 is 0. The molecule has 3 unspecified atom stereocenters. The predicted molar refractivity (Wildman–Crippen MR) is 47.2 cm³/mol. The predicted octanol–water partition coefficient (Wildman–Crippen LogP) is 0.271. The van der Waals surface area contributed by atoms with Crippen molar-refractivity contribution in [3.63, 3.8) is 0 Å². The largest absolute Gasteiger partial charge is 0.394 e. The molecule has 0 amide bonds. The molecule has 1 fully saturated rings. The van der Waals surface area contributed by atoms with Gasteiger partial charge < -0.3 is 19.7 Å². The van der Waals surface area contributed by atoms with E-state index in [0.29, 0.717) is 6.42 Å². The van der Waals surface area contributed by atoms with Gasteiger partial charge in [0.25, 0.3) is 0 Å². The molecule has 0 aromatic carbocycles. The standard InChI is InChI=1S/C9H18O4/c1-3-9(12-2)5-8(13-9)4-7(11)6-10/h7-8,10-11H,3-6H2,1-2H3. The minimum absolute atomic E-state index is 0.0297. The number of ether oxygens (including phenoxy) is 2. The highest BCUT2D eigenvalue weighted by molar-refractivity contribution is 4.85. The highest BCUT2D eigenvalue weighted by Crippen LogP contribution is 2.38. The SMILES string of the molecule is CCC1(OC)CC(CC(O)CO)O1. The molecule has 2 N–H and O–H groups in total. The molecule has 0 bridgehead atoms. The third kappa shape index (κ3) is 2.40. The van der Waals surface area contributed by atoms with Gasteiger partial charge in [0, 0.05) is 20.0 Å². The van der Waals surface area contributed by atoms with Crippen LogP contribution in [0, 0.1) is 0 Å². The van der Waals surface area contributed by atoms with E-state index in [1.54, 1.807) is 7.11 Å². The van der Waals surface area contributed by atoms with Crippen LogP contribution in [0.15, 0.2) is 0 Å². The van der Waals surface area contributed by atoms with Crippen LogP contribution in [0.1, 0.15) is 26.2 Å². The minimum Gasteiger partial charge on any atom is -0.394 e. The normalized spacial score (nSPS) is 35.5. The van der Waals surface area contributed by atoms with Crippen molar-refractivity contribution >= 4 is 0 Å². The van der Waals surface area contributed by atoms with Gasteiger partial charge in [0.1, 0.15) is 0 Å². The smallest absolute Gasteiger partial charge is 0.170 e. The average Bonchev–Trinajstić information content (AvgIpc) is 2.10. The van der Waals surface area contributed by atoms with Crippen LogP contribution in [0.2, 0.25) is 0 Å². The maximum Gasteiger partial charge on any atom is 0.170 e. The van der Waals surface area contributed by atoms with Gasteiger partial charge in [-0.2, -0.15) is 0 Å². The van der Waals surface area contributed by atoms with E-state index in [9.17, 15) is 0 Å². The molecule has 1 heterocycles. The lowest BCUT2D eigenvalue weighted by molar-refractivity contribution is -0.337. The summed E-state index contributed by atoms with van der Waals surface area (Å²) in [6, 6.07) is 0. The maximum atomic E-state index is 9.14. The van der Waals surface area contributed by atoms with Gasteiger partial charge in [-0.25, -0.2) is 0 Å². The van der Waals surface area contributed by atoms with Crippen molar-refractivity contribution in [3.05, 3.63) is 0 Å². The molecule has 0 aromatic rings. The van der Waals surface area contributed by atoms with Gasteiger partial charge in [-0.05, 0) is 6.42 Å². The first-order chi connectivity index (χ1) is 6.15. The second kappa shape index (κ2) is 4.37. The molecule has 78 valence electrons. The Labute approximate surface area is 78.5 Å². The molecule has 1 rings (SSSR count). The molecular formula is C9H18O4. The molecule has 13 heavy (non-hydrogen) atoms. The van der Waals surface area contributed by atoms with Gasteiger partial charge in [-0.3, -0.25) is 0 Å². The lowest BCUT2D eigenvalue weighted by Crippen LogP contribution is -2.52. The number of rotatable bonds is 5. The fourth-order valence-corrected chi connectivity index (χ4v) is 1.65. The van der Waals surface area contributed by atoms with Gasteiger partial charge in [0.2, 0.25) is 0 Å². The summed E-state index contributed by atoms with van der Waals surface area (Å²) in [5, 5.41) is 17.7. The molecule has 0 saturated carbocycles. The Morgan fingerprint density at radius 2 is 2.31 bits per heavy atom. The van der Waals surface area contributed by atoms with E-state index in [2.05, 4.69) is 0 Å². The quantitative estimate of drug-likeness (QED) is 0.653. The van der Waals surface area contributed by atoms with Crippen LogP contribution in [-0.4, -0.2) is 41.9 Å². The highest BCUT2D eigenvalue weighted by atomic mass is 16.7. The van der Waals surface area contributed by atoms with Crippen molar-refractivity contribution in [1.82, 2.24) is 0 Å². The Hall–Kier alpha value is -0.160. The topological polar surface area (TPSA) is 58.9 Å².